The van der Waals surface area contributed by atoms with E-state index in [9.17, 15) is 18.5 Å². The van der Waals surface area contributed by atoms with Crippen LogP contribution in [0.1, 0.15) is 0 Å². The molecule has 0 N–H and O–H groups in total. The Kier molecular flexibility index (Phi) is 5.02. The molecule has 1 atom stereocenters. The third kappa shape index (κ3) is 4.08. The molecule has 0 saturated carbocycles. The summed E-state index contributed by atoms with van der Waals surface area (Å²) >= 11 is 0. The first-order valence-corrected chi connectivity index (χ1v) is 9.32. The van der Waals surface area contributed by atoms with Crippen molar-refractivity contribution in [3.05, 3.63) is 58.6 Å². The number of nitrogens with zero attached hydrogens (tertiary/aromatic N) is 3. The van der Waals surface area contributed by atoms with Gasteiger partial charge < -0.3 is 5.21 Å². The van der Waals surface area contributed by atoms with Gasteiger partial charge in [-0.2, -0.15) is 13.2 Å². The average molecular weight is 351 g/mol. The molecule has 9 heteroatoms. The predicted octanol–water partition coefficient (Wildman–Crippen LogP) is 3.11. The minimum atomic E-state index is -3.85. The number of hydrogen-bond donors (Lipinski definition) is 0. The van der Waals surface area contributed by atoms with E-state index in [1.165, 1.54) is 24.3 Å². The fraction of sp³-hybridized carbons (Fsp3) is 0.0714. The van der Waals surface area contributed by atoms with Gasteiger partial charge in [0.15, 0.2) is 0 Å². The lowest BCUT2D eigenvalue weighted by Gasteiger charge is -2.05. The second-order valence-corrected chi connectivity index (χ2v) is 7.93. The van der Waals surface area contributed by atoms with Gasteiger partial charge in [0.2, 0.25) is 5.69 Å². The van der Waals surface area contributed by atoms with E-state index < -0.39 is 20.7 Å². The monoisotopic (exact) mass is 351 g/mol. The highest BCUT2D eigenvalue weighted by atomic mass is 32.3. The Labute approximate surface area is 136 Å². The Balaban J connectivity index is 2.33. The van der Waals surface area contributed by atoms with Gasteiger partial charge in [0, 0.05) is 17.0 Å². The molecule has 7 nitrogen and oxygen atoms in total. The van der Waals surface area contributed by atoms with Gasteiger partial charge in [-0.3, -0.25) is 0 Å². The molecule has 2 aromatic carbocycles. The molecule has 0 saturated heterocycles. The Bertz CT molecular complexity index is 873. The summed E-state index contributed by atoms with van der Waals surface area (Å²) in [6, 6.07) is 11.6. The molecule has 0 radical (unpaired) electrons. The van der Waals surface area contributed by atoms with E-state index in [1.807, 2.05) is 0 Å². The van der Waals surface area contributed by atoms with Crippen molar-refractivity contribution in [2.24, 2.45) is 8.94 Å². The van der Waals surface area contributed by atoms with E-state index in [4.69, 9.17) is 0 Å². The van der Waals surface area contributed by atoms with E-state index in [1.54, 1.807) is 30.5 Å². The summed E-state index contributed by atoms with van der Waals surface area (Å²) < 4.78 is 28.8. The zero-order valence-electron chi connectivity index (χ0n) is 12.1. The standard InChI is InChI=1S/C14H13N3O4S2/c1-17(19)12-5-7-13(8-6-12)22(2)16-23(20,21)14-9-3-11(15-18)4-10-14/h3-10H,1H2,2H3. The number of nitroso groups, excluding NO2 is 1. The number of rotatable bonds is 5. The third-order valence-corrected chi connectivity index (χ3v) is 6.42. The maximum Gasteiger partial charge on any atom is 0.288 e. The fourth-order valence-corrected chi connectivity index (χ4v) is 4.60. The molecule has 1 unspecified atom stereocenters. The molecule has 2 aromatic rings. The lowest BCUT2D eigenvalue weighted by molar-refractivity contribution is -0.349. The highest BCUT2D eigenvalue weighted by molar-refractivity contribution is 7.99. The molecule has 0 bridgehead atoms. The minimum absolute atomic E-state index is 0.00985. The summed E-state index contributed by atoms with van der Waals surface area (Å²) in [5, 5.41) is 13.8. The highest BCUT2D eigenvalue weighted by Crippen LogP contribution is 2.20. The zero-order chi connectivity index (χ0) is 17.0. The van der Waals surface area contributed by atoms with E-state index in [-0.39, 0.29) is 10.6 Å². The summed E-state index contributed by atoms with van der Waals surface area (Å²) in [5.41, 5.74) is 0.510. The molecule has 0 heterocycles. The van der Waals surface area contributed by atoms with Gasteiger partial charge in [-0.1, -0.05) is 10.7 Å². The first kappa shape index (κ1) is 17.0. The minimum Gasteiger partial charge on any atom is -0.619 e. The van der Waals surface area contributed by atoms with Crippen molar-refractivity contribution in [1.82, 2.24) is 0 Å². The van der Waals surface area contributed by atoms with Crippen molar-refractivity contribution in [2.45, 2.75) is 9.79 Å². The normalized spacial score (nSPS) is 12.7. The van der Waals surface area contributed by atoms with Crippen LogP contribution in [0.15, 0.2) is 67.3 Å². The quantitative estimate of drug-likeness (QED) is 0.271. The molecule has 23 heavy (non-hydrogen) atoms. The molecular weight excluding hydrogens is 338 g/mol. The van der Waals surface area contributed by atoms with Crippen LogP contribution in [0.2, 0.25) is 0 Å². The van der Waals surface area contributed by atoms with Gasteiger partial charge in [-0.25, -0.2) is 0 Å². The van der Waals surface area contributed by atoms with E-state index in [0.717, 1.165) is 0 Å². The van der Waals surface area contributed by atoms with Gasteiger partial charge in [0.25, 0.3) is 10.0 Å². The highest BCUT2D eigenvalue weighted by Gasteiger charge is 2.14. The van der Waals surface area contributed by atoms with Gasteiger partial charge in [-0.15, -0.1) is 8.68 Å². The van der Waals surface area contributed by atoms with Gasteiger partial charge >= 0.3 is 0 Å². The van der Waals surface area contributed by atoms with Crippen molar-refractivity contribution in [2.75, 3.05) is 6.26 Å². The van der Waals surface area contributed by atoms with Crippen LogP contribution >= 0.6 is 0 Å². The molecule has 0 amide bonds. The van der Waals surface area contributed by atoms with Crippen molar-refractivity contribution in [3.8, 4) is 0 Å². The molecule has 0 aliphatic rings. The predicted molar refractivity (Wildman–Crippen MR) is 89.9 cm³/mol. The van der Waals surface area contributed by atoms with Gasteiger partial charge in [0.1, 0.15) is 12.4 Å². The van der Waals surface area contributed by atoms with Crippen LogP contribution in [0.5, 0.6) is 0 Å². The zero-order valence-corrected chi connectivity index (χ0v) is 13.8. The Morgan fingerprint density at radius 2 is 1.65 bits per heavy atom. The molecule has 0 aromatic heterocycles. The first-order valence-electron chi connectivity index (χ1n) is 6.29. The fourth-order valence-electron chi connectivity index (χ4n) is 1.72. The van der Waals surface area contributed by atoms with Crippen molar-refractivity contribution >= 4 is 38.8 Å². The van der Waals surface area contributed by atoms with E-state index in [2.05, 4.69) is 15.7 Å². The summed E-state index contributed by atoms with van der Waals surface area (Å²) in [7, 11) is -4.77. The summed E-state index contributed by atoms with van der Waals surface area (Å²) in [5.74, 6) is 0. The largest absolute Gasteiger partial charge is 0.619 e. The van der Waals surface area contributed by atoms with Crippen LogP contribution in [-0.4, -0.2) is 26.1 Å². The average Bonchev–Trinajstić information content (AvgIpc) is 2.54. The molecule has 0 aliphatic heterocycles. The number of benzene rings is 2. The van der Waals surface area contributed by atoms with Crippen LogP contribution in [-0.2, 0) is 20.7 Å². The van der Waals surface area contributed by atoms with E-state index in [0.29, 0.717) is 15.3 Å². The van der Waals surface area contributed by atoms with Crippen LogP contribution < -0.4 is 0 Å². The molecule has 2 rings (SSSR count). The Hall–Kier alpha value is -2.39. The maximum atomic E-state index is 12.3. The molecule has 120 valence electrons. The van der Waals surface area contributed by atoms with Gasteiger partial charge in [-0.05, 0) is 47.8 Å². The van der Waals surface area contributed by atoms with Crippen LogP contribution in [0.3, 0.4) is 0 Å². The number of hydrogen-bond acceptors (Lipinski definition) is 5. The second-order valence-electron chi connectivity index (χ2n) is 4.49. The summed E-state index contributed by atoms with van der Waals surface area (Å²) in [6.07, 6.45) is 1.66. The Morgan fingerprint density at radius 3 is 2.13 bits per heavy atom. The summed E-state index contributed by atoms with van der Waals surface area (Å²) in [6.45, 7) is 3.23. The third-order valence-electron chi connectivity index (χ3n) is 2.92. The first-order chi connectivity index (χ1) is 10.8. The SMILES string of the molecule is C=[N+]([O-])c1ccc(S(C)=NS(=O)(=O)c2ccc(N=O)cc2)cc1. The molecule has 0 spiro atoms. The topological polar surface area (TPSA) is 102 Å². The molecule has 0 fully saturated rings. The lowest BCUT2D eigenvalue weighted by Crippen LogP contribution is -2.00. The lowest BCUT2D eigenvalue weighted by atomic mass is 10.3. The van der Waals surface area contributed by atoms with Crippen molar-refractivity contribution in [3.63, 3.8) is 0 Å². The van der Waals surface area contributed by atoms with Crippen molar-refractivity contribution in [1.29, 1.82) is 0 Å². The smallest absolute Gasteiger partial charge is 0.288 e. The van der Waals surface area contributed by atoms with E-state index >= 15 is 0 Å². The van der Waals surface area contributed by atoms with Crippen LogP contribution in [0.4, 0.5) is 11.4 Å². The van der Waals surface area contributed by atoms with Crippen LogP contribution in [0.25, 0.3) is 0 Å². The molecular formula is C14H13N3O4S2. The van der Waals surface area contributed by atoms with Crippen molar-refractivity contribution < 1.29 is 13.2 Å². The number of sulfonamides is 1. The summed E-state index contributed by atoms with van der Waals surface area (Å²) in [4.78, 5) is 11.0. The van der Waals surface area contributed by atoms with Gasteiger partial charge in [0.05, 0.1) is 4.90 Å². The second kappa shape index (κ2) is 6.80. The molecule has 0 aliphatic carbocycles. The van der Waals surface area contributed by atoms with Crippen LogP contribution in [0, 0.1) is 10.1 Å². The Morgan fingerprint density at radius 1 is 1.09 bits per heavy atom. The maximum absolute atomic E-state index is 12.3.